The second-order valence-corrected chi connectivity index (χ2v) is 9.08. The van der Waals surface area contributed by atoms with E-state index in [1.807, 2.05) is 36.4 Å². The fourth-order valence-corrected chi connectivity index (χ4v) is 4.89. The zero-order valence-electron chi connectivity index (χ0n) is 18.7. The second kappa shape index (κ2) is 10.1. The first-order valence-corrected chi connectivity index (χ1v) is 11.7. The Balaban J connectivity index is 1.95. The number of benzene rings is 2. The third-order valence-corrected chi connectivity index (χ3v) is 6.76. The highest BCUT2D eigenvalue weighted by atomic mass is 35.5. The summed E-state index contributed by atoms with van der Waals surface area (Å²) in [6.07, 6.45) is -0.575. The predicted octanol–water partition coefficient (Wildman–Crippen LogP) is 5.31. The van der Waals surface area contributed by atoms with Crippen molar-refractivity contribution in [1.29, 1.82) is 5.26 Å². The molecule has 0 radical (unpaired) electrons. The molecule has 1 aromatic heterocycles. The zero-order chi connectivity index (χ0) is 25.3. The van der Waals surface area contributed by atoms with Crippen LogP contribution in [0.3, 0.4) is 0 Å². The van der Waals surface area contributed by atoms with Gasteiger partial charge in [0.05, 0.1) is 23.4 Å². The number of aryl methyl sites for hydroxylation is 1. The average Bonchev–Trinajstić information content (AvgIpc) is 3.16. The average molecular weight is 527 g/mol. The minimum absolute atomic E-state index is 0.121. The van der Waals surface area contributed by atoms with Gasteiger partial charge in [-0.25, -0.2) is 4.79 Å². The molecule has 3 aromatic rings. The Bertz CT molecular complexity index is 1400. The van der Waals surface area contributed by atoms with Crippen molar-refractivity contribution in [2.24, 2.45) is 0 Å². The van der Waals surface area contributed by atoms with Crippen LogP contribution in [-0.4, -0.2) is 24.0 Å². The topological polar surface area (TPSA) is 98.2 Å². The predicted molar refractivity (Wildman–Crippen MR) is 138 cm³/mol. The molecule has 1 aliphatic rings. The Morgan fingerprint density at radius 2 is 1.94 bits per heavy atom. The Labute approximate surface area is 217 Å². The maximum atomic E-state index is 12.8. The van der Waals surface area contributed by atoms with Crippen molar-refractivity contribution < 1.29 is 14.3 Å². The molecule has 1 atom stereocenters. The number of hydrogen-bond acceptors (Lipinski definition) is 6. The molecule has 35 heavy (non-hydrogen) atoms. The fourth-order valence-electron chi connectivity index (χ4n) is 4.13. The van der Waals surface area contributed by atoms with Gasteiger partial charge in [-0.3, -0.25) is 4.79 Å². The number of nitrogens with one attached hydrogen (secondary N) is 2. The van der Waals surface area contributed by atoms with E-state index in [9.17, 15) is 14.9 Å². The van der Waals surface area contributed by atoms with Gasteiger partial charge in [0.25, 0.3) is 5.91 Å². The summed E-state index contributed by atoms with van der Waals surface area (Å²) in [5.74, 6) is -1.11. The lowest BCUT2D eigenvalue weighted by atomic mass is 9.98. The van der Waals surface area contributed by atoms with Gasteiger partial charge >= 0.3 is 5.97 Å². The van der Waals surface area contributed by atoms with E-state index >= 15 is 0 Å². The Hall–Kier alpha value is -3.38. The van der Waals surface area contributed by atoms with Gasteiger partial charge in [0.2, 0.25) is 0 Å². The maximum absolute atomic E-state index is 12.8. The number of aromatic nitrogens is 1. The van der Waals surface area contributed by atoms with Crippen molar-refractivity contribution in [3.63, 3.8) is 0 Å². The van der Waals surface area contributed by atoms with Crippen LogP contribution in [0.5, 0.6) is 0 Å². The molecule has 1 unspecified atom stereocenters. The van der Waals surface area contributed by atoms with Gasteiger partial charge in [0, 0.05) is 27.8 Å². The van der Waals surface area contributed by atoms with Crippen molar-refractivity contribution in [1.82, 2.24) is 10.3 Å². The number of amides is 1. The molecule has 0 saturated carbocycles. The van der Waals surface area contributed by atoms with E-state index in [0.29, 0.717) is 43.8 Å². The van der Waals surface area contributed by atoms with Gasteiger partial charge in [-0.15, -0.1) is 12.6 Å². The molecule has 10 heteroatoms. The molecule has 1 aliphatic heterocycles. The molecule has 0 aliphatic carbocycles. The number of anilines is 1. The van der Waals surface area contributed by atoms with Crippen LogP contribution in [0.15, 0.2) is 59.1 Å². The zero-order valence-corrected chi connectivity index (χ0v) is 21.1. The van der Waals surface area contributed by atoms with Crippen molar-refractivity contribution in [2.45, 2.75) is 19.5 Å². The highest BCUT2D eigenvalue weighted by Crippen LogP contribution is 2.39. The smallest absolute Gasteiger partial charge is 0.339 e. The number of halogens is 2. The molecule has 2 N–H and O–H groups in total. The first-order chi connectivity index (χ1) is 16.8. The number of rotatable bonds is 5. The molecule has 7 nitrogen and oxygen atoms in total. The van der Waals surface area contributed by atoms with Crippen molar-refractivity contribution in [3.8, 4) is 6.07 Å². The van der Waals surface area contributed by atoms with E-state index in [1.165, 1.54) is 7.11 Å². The number of nitrogens with zero attached hydrogens (tertiary/aromatic N) is 2. The van der Waals surface area contributed by atoms with Crippen LogP contribution >= 0.6 is 35.8 Å². The largest absolute Gasteiger partial charge is 0.465 e. The van der Waals surface area contributed by atoms with Crippen LogP contribution in [0.25, 0.3) is 0 Å². The number of nitriles is 1. The number of carbonyl (C=O) groups excluding carboxylic acids is 2. The standard InChI is InChI=1S/C25H20Cl2N4O3S/c1-13-20(25(33)34-2)17(11-14-10-15(26)8-9-19(14)27)21(29-13)22-30-23(32)18(12-28)24(35)31(22)16-6-4-3-5-7-16/h3-10,22,29,35H,11H2,1-2H3,(H,30,32). The quantitative estimate of drug-likeness (QED) is 0.309. The lowest BCUT2D eigenvalue weighted by Crippen LogP contribution is -2.46. The summed E-state index contributed by atoms with van der Waals surface area (Å²) in [7, 11) is 1.30. The molecular formula is C25H20Cl2N4O3S. The van der Waals surface area contributed by atoms with Crippen LogP contribution in [0, 0.1) is 18.3 Å². The van der Waals surface area contributed by atoms with E-state index in [0.717, 1.165) is 0 Å². The number of carbonyl (C=O) groups is 2. The number of methoxy groups -OCH3 is 1. The maximum Gasteiger partial charge on any atom is 0.339 e. The summed E-state index contributed by atoms with van der Waals surface area (Å²) in [6, 6.07) is 16.2. The highest BCUT2D eigenvalue weighted by Gasteiger charge is 2.37. The summed E-state index contributed by atoms with van der Waals surface area (Å²) >= 11 is 17.2. The molecule has 4 rings (SSSR count). The van der Waals surface area contributed by atoms with Crippen LogP contribution in [0.2, 0.25) is 10.0 Å². The van der Waals surface area contributed by atoms with Gasteiger partial charge in [-0.1, -0.05) is 41.4 Å². The lowest BCUT2D eigenvalue weighted by molar-refractivity contribution is -0.118. The number of ether oxygens (including phenoxy) is 1. The highest BCUT2D eigenvalue weighted by molar-refractivity contribution is 7.84. The summed E-state index contributed by atoms with van der Waals surface area (Å²) in [4.78, 5) is 30.6. The molecule has 0 saturated heterocycles. The van der Waals surface area contributed by atoms with E-state index < -0.39 is 18.0 Å². The Morgan fingerprint density at radius 1 is 1.23 bits per heavy atom. The van der Waals surface area contributed by atoms with E-state index in [-0.39, 0.29) is 17.0 Å². The lowest BCUT2D eigenvalue weighted by Gasteiger charge is -2.37. The summed E-state index contributed by atoms with van der Waals surface area (Å²) in [5, 5.41) is 13.6. The minimum Gasteiger partial charge on any atom is -0.465 e. The summed E-state index contributed by atoms with van der Waals surface area (Å²) in [6.45, 7) is 1.74. The molecular weight excluding hydrogens is 507 g/mol. The number of esters is 1. The van der Waals surface area contributed by atoms with Crippen molar-refractivity contribution in [2.75, 3.05) is 12.0 Å². The first-order valence-electron chi connectivity index (χ1n) is 10.5. The Kier molecular flexibility index (Phi) is 7.13. The minimum atomic E-state index is -0.806. The second-order valence-electron chi connectivity index (χ2n) is 7.81. The van der Waals surface area contributed by atoms with E-state index in [1.54, 1.807) is 30.0 Å². The van der Waals surface area contributed by atoms with Crippen LogP contribution in [0.4, 0.5) is 5.69 Å². The molecule has 0 spiro atoms. The van der Waals surface area contributed by atoms with Crippen LogP contribution < -0.4 is 10.2 Å². The van der Waals surface area contributed by atoms with Crippen LogP contribution in [-0.2, 0) is 16.0 Å². The number of hydrogen-bond donors (Lipinski definition) is 3. The van der Waals surface area contributed by atoms with Gasteiger partial charge < -0.3 is 19.9 Å². The van der Waals surface area contributed by atoms with Gasteiger partial charge in [0.1, 0.15) is 17.8 Å². The molecule has 1 amide bonds. The van der Waals surface area contributed by atoms with Crippen LogP contribution in [0.1, 0.15) is 39.0 Å². The van der Waals surface area contributed by atoms with E-state index in [2.05, 4.69) is 22.9 Å². The molecule has 2 aromatic carbocycles. The number of thiol groups is 1. The van der Waals surface area contributed by atoms with Gasteiger partial charge in [-0.2, -0.15) is 5.26 Å². The van der Waals surface area contributed by atoms with Gasteiger partial charge in [0.15, 0.2) is 0 Å². The van der Waals surface area contributed by atoms with Gasteiger partial charge in [-0.05, 0) is 48.4 Å². The van der Waals surface area contributed by atoms with Crippen molar-refractivity contribution >= 4 is 53.4 Å². The third-order valence-electron chi connectivity index (χ3n) is 5.71. The molecule has 0 bridgehead atoms. The number of aromatic amines is 1. The molecule has 0 fully saturated rings. The first kappa shape index (κ1) is 24.7. The number of para-hydroxylation sites is 1. The fraction of sp³-hybridized carbons (Fsp3) is 0.160. The number of H-pyrrole nitrogens is 1. The molecule has 2 heterocycles. The summed E-state index contributed by atoms with van der Waals surface area (Å²) in [5.41, 5.74) is 3.25. The third kappa shape index (κ3) is 4.63. The SMILES string of the molecule is COC(=O)c1c(C)[nH]c(C2NC(=O)C(C#N)=C(S)N2c2ccccc2)c1Cc1cc(Cl)ccc1Cl. The molecule has 178 valence electrons. The van der Waals surface area contributed by atoms with Crippen molar-refractivity contribution in [3.05, 3.63) is 97.3 Å². The monoisotopic (exact) mass is 526 g/mol. The normalized spacial score (nSPS) is 15.6. The Morgan fingerprint density at radius 3 is 2.60 bits per heavy atom. The summed E-state index contributed by atoms with van der Waals surface area (Å²) < 4.78 is 5.05. The van der Waals surface area contributed by atoms with E-state index in [4.69, 9.17) is 27.9 Å².